The number of methoxy groups -OCH3 is 1. The molecule has 132 valence electrons. The lowest BCUT2D eigenvalue weighted by molar-refractivity contribution is -0.385. The molecular formula is C16H12N4O5S. The van der Waals surface area contributed by atoms with Gasteiger partial charge in [-0.05, 0) is 35.5 Å². The van der Waals surface area contributed by atoms with Crippen LogP contribution in [0.25, 0.3) is 6.08 Å². The summed E-state index contributed by atoms with van der Waals surface area (Å²) >= 11 is 1.04. The highest BCUT2D eigenvalue weighted by molar-refractivity contribution is 8.18. The number of hydrogen-bond acceptors (Lipinski definition) is 8. The molecule has 0 aliphatic carbocycles. The Morgan fingerprint density at radius 3 is 2.69 bits per heavy atom. The zero-order chi connectivity index (χ0) is 18.7. The van der Waals surface area contributed by atoms with Crippen LogP contribution in [0.5, 0.6) is 17.4 Å². The molecule has 2 N–H and O–H groups in total. The van der Waals surface area contributed by atoms with Crippen molar-refractivity contribution < 1.29 is 19.2 Å². The number of benzene rings is 1. The molecule has 1 aromatic heterocycles. The highest BCUT2D eigenvalue weighted by atomic mass is 32.2. The molecule has 0 spiro atoms. The predicted octanol–water partition coefficient (Wildman–Crippen LogP) is 2.93. The van der Waals surface area contributed by atoms with E-state index in [1.807, 2.05) is 0 Å². The Morgan fingerprint density at radius 2 is 2.12 bits per heavy atom. The van der Waals surface area contributed by atoms with Gasteiger partial charge in [0.2, 0.25) is 5.88 Å². The van der Waals surface area contributed by atoms with Crippen LogP contribution in [0.1, 0.15) is 5.56 Å². The third kappa shape index (κ3) is 3.81. The number of hydrogen-bond donors (Lipinski definition) is 2. The lowest BCUT2D eigenvalue weighted by atomic mass is 10.2. The fourth-order valence-corrected chi connectivity index (χ4v) is 2.81. The Kier molecular flexibility index (Phi) is 4.85. The van der Waals surface area contributed by atoms with Crippen molar-refractivity contribution in [3.63, 3.8) is 0 Å². The second-order valence-electron chi connectivity index (χ2n) is 5.02. The van der Waals surface area contributed by atoms with Gasteiger partial charge < -0.3 is 14.8 Å². The van der Waals surface area contributed by atoms with Gasteiger partial charge in [0.1, 0.15) is 6.20 Å². The molecule has 1 aromatic carbocycles. The number of amides is 1. The van der Waals surface area contributed by atoms with Crippen molar-refractivity contribution in [2.24, 2.45) is 0 Å². The SMILES string of the molecule is COc1cc(/C=C2\SC(=N)NC2=O)ccc1Oc1ccc([N+](=O)[O-])cn1. The van der Waals surface area contributed by atoms with Gasteiger partial charge >= 0.3 is 0 Å². The van der Waals surface area contributed by atoms with Crippen LogP contribution in [0, 0.1) is 15.5 Å². The van der Waals surface area contributed by atoms with Crippen molar-refractivity contribution in [2.75, 3.05) is 7.11 Å². The van der Waals surface area contributed by atoms with Crippen molar-refractivity contribution in [3.05, 3.63) is 57.1 Å². The average Bonchev–Trinajstić information content (AvgIpc) is 2.93. The zero-order valence-corrected chi connectivity index (χ0v) is 14.2. The first-order chi connectivity index (χ1) is 12.5. The molecule has 1 saturated heterocycles. The number of carbonyl (C=O) groups excluding carboxylic acids is 1. The minimum atomic E-state index is -0.545. The first kappa shape index (κ1) is 17.4. The Balaban J connectivity index is 1.83. The molecule has 2 aromatic rings. The number of ether oxygens (including phenoxy) is 2. The predicted molar refractivity (Wildman–Crippen MR) is 95.4 cm³/mol. The quantitative estimate of drug-likeness (QED) is 0.469. The summed E-state index contributed by atoms with van der Waals surface area (Å²) in [5, 5.41) is 20.6. The minimum Gasteiger partial charge on any atom is -0.493 e. The maximum Gasteiger partial charge on any atom is 0.287 e. The van der Waals surface area contributed by atoms with Gasteiger partial charge in [0.15, 0.2) is 16.7 Å². The summed E-state index contributed by atoms with van der Waals surface area (Å²) < 4.78 is 10.9. The van der Waals surface area contributed by atoms with Crippen LogP contribution >= 0.6 is 11.8 Å². The molecule has 0 saturated carbocycles. The van der Waals surface area contributed by atoms with Crippen LogP contribution in [-0.2, 0) is 4.79 Å². The monoisotopic (exact) mass is 372 g/mol. The largest absolute Gasteiger partial charge is 0.493 e. The highest BCUT2D eigenvalue weighted by Gasteiger charge is 2.22. The van der Waals surface area contributed by atoms with E-state index in [1.165, 1.54) is 19.2 Å². The summed E-state index contributed by atoms with van der Waals surface area (Å²) in [4.78, 5) is 26.1. The summed E-state index contributed by atoms with van der Waals surface area (Å²) in [5.74, 6) is 0.624. The summed E-state index contributed by atoms with van der Waals surface area (Å²) in [5.41, 5.74) is 0.558. The van der Waals surface area contributed by atoms with E-state index in [1.54, 1.807) is 24.3 Å². The van der Waals surface area contributed by atoms with Crippen molar-refractivity contribution in [1.82, 2.24) is 10.3 Å². The van der Waals surface area contributed by atoms with E-state index in [2.05, 4.69) is 10.3 Å². The summed E-state index contributed by atoms with van der Waals surface area (Å²) in [6.45, 7) is 0. The number of pyridine rings is 1. The van der Waals surface area contributed by atoms with Gasteiger partial charge in [0, 0.05) is 12.1 Å². The van der Waals surface area contributed by atoms with Crippen LogP contribution in [-0.4, -0.2) is 28.1 Å². The fraction of sp³-hybridized carbons (Fsp3) is 0.0625. The van der Waals surface area contributed by atoms with E-state index in [-0.39, 0.29) is 22.6 Å². The van der Waals surface area contributed by atoms with Crippen LogP contribution < -0.4 is 14.8 Å². The van der Waals surface area contributed by atoms with Crippen molar-refractivity contribution in [3.8, 4) is 17.4 Å². The first-order valence-corrected chi connectivity index (χ1v) is 8.03. The molecule has 0 unspecified atom stereocenters. The van der Waals surface area contributed by atoms with E-state index in [0.717, 1.165) is 18.0 Å². The fourth-order valence-electron chi connectivity index (χ4n) is 2.10. The second kappa shape index (κ2) is 7.23. The zero-order valence-electron chi connectivity index (χ0n) is 13.4. The van der Waals surface area contributed by atoms with Gasteiger partial charge in [-0.1, -0.05) is 6.07 Å². The first-order valence-electron chi connectivity index (χ1n) is 7.22. The van der Waals surface area contributed by atoms with E-state index in [9.17, 15) is 14.9 Å². The molecule has 0 atom stereocenters. The molecule has 3 rings (SSSR count). The lowest BCUT2D eigenvalue weighted by Gasteiger charge is -2.10. The Hall–Kier alpha value is -3.40. The standard InChI is InChI=1S/C16H12N4O5S/c1-24-12-6-9(7-13-15(21)19-16(17)26-13)2-4-11(12)25-14-5-3-10(8-18-14)20(22)23/h2-8H,1H3,(H2,17,19,21)/b13-7-. The third-order valence-electron chi connectivity index (χ3n) is 3.29. The average molecular weight is 372 g/mol. The van der Waals surface area contributed by atoms with Gasteiger partial charge in [0.25, 0.3) is 11.6 Å². The van der Waals surface area contributed by atoms with E-state index < -0.39 is 4.92 Å². The van der Waals surface area contributed by atoms with Gasteiger partial charge in [-0.25, -0.2) is 4.98 Å². The number of nitrogens with one attached hydrogen (secondary N) is 2. The highest BCUT2D eigenvalue weighted by Crippen LogP contribution is 2.33. The number of thioether (sulfide) groups is 1. The molecule has 2 heterocycles. The molecule has 9 nitrogen and oxygen atoms in total. The molecule has 0 bridgehead atoms. The molecule has 1 aliphatic heterocycles. The van der Waals surface area contributed by atoms with Crippen molar-refractivity contribution in [1.29, 1.82) is 5.41 Å². The molecular weight excluding hydrogens is 360 g/mol. The van der Waals surface area contributed by atoms with Gasteiger partial charge in [-0.15, -0.1) is 0 Å². The summed E-state index contributed by atoms with van der Waals surface area (Å²) in [7, 11) is 1.47. The molecule has 0 radical (unpaired) electrons. The lowest BCUT2D eigenvalue weighted by Crippen LogP contribution is -2.18. The number of amidine groups is 1. The molecule has 1 amide bonds. The smallest absolute Gasteiger partial charge is 0.287 e. The minimum absolute atomic E-state index is 0.0809. The van der Waals surface area contributed by atoms with E-state index in [0.29, 0.717) is 22.0 Å². The van der Waals surface area contributed by atoms with E-state index in [4.69, 9.17) is 14.9 Å². The number of rotatable bonds is 5. The maximum atomic E-state index is 11.7. The third-order valence-corrected chi connectivity index (χ3v) is 4.12. The Labute approximate surface area is 151 Å². The number of nitrogens with zero attached hydrogens (tertiary/aromatic N) is 2. The second-order valence-corrected chi connectivity index (χ2v) is 6.07. The molecule has 10 heteroatoms. The molecule has 26 heavy (non-hydrogen) atoms. The maximum absolute atomic E-state index is 11.7. The molecule has 1 fully saturated rings. The summed E-state index contributed by atoms with van der Waals surface area (Å²) in [6, 6.07) is 7.70. The van der Waals surface area contributed by atoms with Crippen LogP contribution in [0.3, 0.4) is 0 Å². The van der Waals surface area contributed by atoms with Crippen molar-refractivity contribution in [2.45, 2.75) is 0 Å². The van der Waals surface area contributed by atoms with Crippen LogP contribution in [0.4, 0.5) is 5.69 Å². The normalized spacial score (nSPS) is 15.0. The Bertz CT molecular complexity index is 927. The van der Waals surface area contributed by atoms with Gasteiger partial charge in [-0.3, -0.25) is 20.3 Å². The van der Waals surface area contributed by atoms with Gasteiger partial charge in [0.05, 0.1) is 16.9 Å². The number of nitro groups is 1. The summed E-state index contributed by atoms with van der Waals surface area (Å²) in [6.07, 6.45) is 2.74. The number of aromatic nitrogens is 1. The van der Waals surface area contributed by atoms with Crippen molar-refractivity contribution >= 4 is 34.6 Å². The van der Waals surface area contributed by atoms with E-state index >= 15 is 0 Å². The van der Waals surface area contributed by atoms with Crippen LogP contribution in [0.2, 0.25) is 0 Å². The molecule has 1 aliphatic rings. The Morgan fingerprint density at radius 1 is 1.31 bits per heavy atom. The topological polar surface area (TPSA) is 127 Å². The van der Waals surface area contributed by atoms with Gasteiger partial charge in [-0.2, -0.15) is 0 Å². The number of carbonyl (C=O) groups is 1. The van der Waals surface area contributed by atoms with Crippen LogP contribution in [0.15, 0.2) is 41.4 Å².